The van der Waals surface area contributed by atoms with E-state index in [2.05, 4.69) is 17.4 Å². The molecule has 3 nitrogen and oxygen atoms in total. The summed E-state index contributed by atoms with van der Waals surface area (Å²) < 4.78 is 0. The molecule has 0 atom stereocenters. The van der Waals surface area contributed by atoms with Crippen LogP contribution in [-0.2, 0) is 17.8 Å². The number of nitrogens with one attached hydrogen (secondary N) is 1. The van der Waals surface area contributed by atoms with Crippen LogP contribution < -0.4 is 5.32 Å². The average Bonchev–Trinajstić information content (AvgIpc) is 2.38. The van der Waals surface area contributed by atoms with Crippen molar-refractivity contribution in [2.24, 2.45) is 5.92 Å². The first kappa shape index (κ1) is 14.7. The van der Waals surface area contributed by atoms with E-state index < -0.39 is 0 Å². The minimum absolute atomic E-state index is 0.0658. The van der Waals surface area contributed by atoms with Gasteiger partial charge >= 0.3 is 0 Å². The molecule has 2 N–H and O–H groups in total. The third kappa shape index (κ3) is 5.32. The Morgan fingerprint density at radius 1 is 1.17 bits per heavy atom. The standard InChI is InChI=1S/C15H23NO2/c1-12(2)15(18)16-10-4-3-5-13-6-8-14(11-17)9-7-13/h6-9,12,17H,3-5,10-11H2,1-2H3,(H,16,18). The second kappa shape index (κ2) is 7.88. The minimum Gasteiger partial charge on any atom is -0.392 e. The molecule has 0 heterocycles. The number of aliphatic hydroxyl groups excluding tert-OH is 1. The van der Waals surface area contributed by atoms with Crippen LogP contribution in [0.2, 0.25) is 0 Å². The Morgan fingerprint density at radius 2 is 1.78 bits per heavy atom. The van der Waals surface area contributed by atoms with E-state index in [0.29, 0.717) is 0 Å². The fourth-order valence-electron chi connectivity index (χ4n) is 1.68. The van der Waals surface area contributed by atoms with E-state index in [0.717, 1.165) is 31.4 Å². The van der Waals surface area contributed by atoms with Crippen LogP contribution in [0.25, 0.3) is 0 Å². The smallest absolute Gasteiger partial charge is 0.222 e. The maximum atomic E-state index is 11.3. The van der Waals surface area contributed by atoms with Gasteiger partial charge in [0, 0.05) is 12.5 Å². The lowest BCUT2D eigenvalue weighted by molar-refractivity contribution is -0.123. The lowest BCUT2D eigenvalue weighted by atomic mass is 10.1. The van der Waals surface area contributed by atoms with E-state index in [4.69, 9.17) is 5.11 Å². The van der Waals surface area contributed by atoms with Gasteiger partial charge in [-0.2, -0.15) is 0 Å². The summed E-state index contributed by atoms with van der Waals surface area (Å²) >= 11 is 0. The highest BCUT2D eigenvalue weighted by Gasteiger charge is 2.04. The number of rotatable bonds is 7. The Balaban J connectivity index is 2.15. The molecular weight excluding hydrogens is 226 g/mol. The summed E-state index contributed by atoms with van der Waals surface area (Å²) in [5.41, 5.74) is 2.23. The van der Waals surface area contributed by atoms with E-state index in [1.54, 1.807) is 0 Å². The Hall–Kier alpha value is -1.35. The number of aryl methyl sites for hydroxylation is 1. The predicted octanol–water partition coefficient (Wildman–Crippen LogP) is 2.27. The van der Waals surface area contributed by atoms with Crippen LogP contribution in [0.4, 0.5) is 0 Å². The molecular formula is C15H23NO2. The average molecular weight is 249 g/mol. The first-order valence-corrected chi connectivity index (χ1v) is 6.60. The highest BCUT2D eigenvalue weighted by atomic mass is 16.3. The Morgan fingerprint density at radius 3 is 2.33 bits per heavy atom. The minimum atomic E-state index is 0.0658. The number of carbonyl (C=O) groups excluding carboxylic acids is 1. The summed E-state index contributed by atoms with van der Waals surface area (Å²) in [6.45, 7) is 4.66. The topological polar surface area (TPSA) is 49.3 Å². The van der Waals surface area contributed by atoms with E-state index >= 15 is 0 Å². The molecule has 1 aromatic carbocycles. The van der Waals surface area contributed by atoms with Crippen molar-refractivity contribution in [1.82, 2.24) is 5.32 Å². The summed E-state index contributed by atoms with van der Waals surface area (Å²) in [6.07, 6.45) is 3.08. The molecule has 0 aliphatic carbocycles. The normalized spacial score (nSPS) is 10.7. The van der Waals surface area contributed by atoms with Crippen molar-refractivity contribution in [3.63, 3.8) is 0 Å². The number of aliphatic hydroxyl groups is 1. The molecule has 0 radical (unpaired) electrons. The number of unbranched alkanes of at least 4 members (excludes halogenated alkanes) is 1. The number of benzene rings is 1. The summed E-state index contributed by atoms with van der Waals surface area (Å²) in [5.74, 6) is 0.193. The zero-order valence-electron chi connectivity index (χ0n) is 11.3. The monoisotopic (exact) mass is 249 g/mol. The van der Waals surface area contributed by atoms with Crippen molar-refractivity contribution in [1.29, 1.82) is 0 Å². The zero-order valence-corrected chi connectivity index (χ0v) is 11.3. The highest BCUT2D eigenvalue weighted by molar-refractivity contribution is 5.77. The maximum Gasteiger partial charge on any atom is 0.222 e. The number of hydrogen-bond donors (Lipinski definition) is 2. The van der Waals surface area contributed by atoms with Crippen molar-refractivity contribution in [2.45, 2.75) is 39.7 Å². The quantitative estimate of drug-likeness (QED) is 0.728. The van der Waals surface area contributed by atoms with Crippen LogP contribution in [0.1, 0.15) is 37.8 Å². The van der Waals surface area contributed by atoms with Crippen molar-refractivity contribution < 1.29 is 9.90 Å². The first-order valence-electron chi connectivity index (χ1n) is 6.60. The number of hydrogen-bond acceptors (Lipinski definition) is 2. The van der Waals surface area contributed by atoms with Crippen molar-refractivity contribution in [3.05, 3.63) is 35.4 Å². The Labute approximate surface area is 109 Å². The van der Waals surface area contributed by atoms with Crippen LogP contribution in [0.5, 0.6) is 0 Å². The highest BCUT2D eigenvalue weighted by Crippen LogP contribution is 2.07. The molecule has 0 saturated carbocycles. The fourth-order valence-corrected chi connectivity index (χ4v) is 1.68. The van der Waals surface area contributed by atoms with Gasteiger partial charge in [-0.05, 0) is 30.4 Å². The van der Waals surface area contributed by atoms with Crippen LogP contribution in [0.15, 0.2) is 24.3 Å². The molecule has 3 heteroatoms. The zero-order chi connectivity index (χ0) is 13.4. The Kier molecular flexibility index (Phi) is 6.44. The molecule has 0 saturated heterocycles. The largest absolute Gasteiger partial charge is 0.392 e. The van der Waals surface area contributed by atoms with Gasteiger partial charge in [-0.3, -0.25) is 4.79 Å². The van der Waals surface area contributed by atoms with Crippen LogP contribution in [0, 0.1) is 5.92 Å². The molecule has 1 aromatic rings. The van der Waals surface area contributed by atoms with Gasteiger partial charge in [-0.25, -0.2) is 0 Å². The molecule has 0 aliphatic heterocycles. The molecule has 0 spiro atoms. The van der Waals surface area contributed by atoms with Gasteiger partial charge in [0.15, 0.2) is 0 Å². The van der Waals surface area contributed by atoms with Gasteiger partial charge in [0.05, 0.1) is 6.61 Å². The van der Waals surface area contributed by atoms with E-state index in [9.17, 15) is 4.79 Å². The molecule has 0 fully saturated rings. The van der Waals surface area contributed by atoms with Gasteiger partial charge in [-0.15, -0.1) is 0 Å². The summed E-state index contributed by atoms with van der Waals surface area (Å²) in [5, 5.41) is 11.8. The van der Waals surface area contributed by atoms with Crippen LogP contribution in [-0.4, -0.2) is 17.6 Å². The fraction of sp³-hybridized carbons (Fsp3) is 0.533. The van der Waals surface area contributed by atoms with Crippen molar-refractivity contribution in [3.8, 4) is 0 Å². The van der Waals surface area contributed by atoms with E-state index in [-0.39, 0.29) is 18.4 Å². The predicted molar refractivity (Wildman–Crippen MR) is 73.2 cm³/mol. The van der Waals surface area contributed by atoms with E-state index in [1.165, 1.54) is 5.56 Å². The second-order valence-electron chi connectivity index (χ2n) is 4.88. The summed E-state index contributed by atoms with van der Waals surface area (Å²) in [7, 11) is 0. The van der Waals surface area contributed by atoms with Crippen molar-refractivity contribution in [2.75, 3.05) is 6.54 Å². The van der Waals surface area contributed by atoms with Gasteiger partial charge in [-0.1, -0.05) is 38.1 Å². The van der Waals surface area contributed by atoms with Crippen molar-refractivity contribution >= 4 is 5.91 Å². The molecule has 1 rings (SSSR count). The number of carbonyl (C=O) groups is 1. The maximum absolute atomic E-state index is 11.3. The molecule has 0 bridgehead atoms. The molecule has 18 heavy (non-hydrogen) atoms. The van der Waals surface area contributed by atoms with E-state index in [1.807, 2.05) is 26.0 Å². The first-order chi connectivity index (χ1) is 8.63. The number of amides is 1. The van der Waals surface area contributed by atoms with Gasteiger partial charge in [0.1, 0.15) is 0 Å². The third-order valence-corrected chi connectivity index (χ3v) is 2.92. The second-order valence-corrected chi connectivity index (χ2v) is 4.88. The third-order valence-electron chi connectivity index (χ3n) is 2.92. The molecule has 0 aliphatic rings. The van der Waals surface area contributed by atoms with Gasteiger partial charge in [0.25, 0.3) is 0 Å². The van der Waals surface area contributed by atoms with Crippen LogP contribution in [0.3, 0.4) is 0 Å². The lowest BCUT2D eigenvalue weighted by Gasteiger charge is -2.07. The van der Waals surface area contributed by atoms with Gasteiger partial charge in [0.2, 0.25) is 5.91 Å². The lowest BCUT2D eigenvalue weighted by Crippen LogP contribution is -2.28. The molecule has 0 aromatic heterocycles. The SMILES string of the molecule is CC(C)C(=O)NCCCCc1ccc(CO)cc1. The summed E-state index contributed by atoms with van der Waals surface area (Å²) in [4.78, 5) is 11.3. The summed E-state index contributed by atoms with van der Waals surface area (Å²) in [6, 6.07) is 8.02. The van der Waals surface area contributed by atoms with Crippen LogP contribution >= 0.6 is 0 Å². The van der Waals surface area contributed by atoms with Gasteiger partial charge < -0.3 is 10.4 Å². The molecule has 0 unspecified atom stereocenters. The molecule has 1 amide bonds. The molecule has 100 valence electrons. The Bertz CT molecular complexity index is 357.